The highest BCUT2D eigenvalue weighted by Crippen LogP contribution is 2.19. The number of nitrogens with zero attached hydrogens (tertiary/aromatic N) is 2. The van der Waals surface area contributed by atoms with Gasteiger partial charge in [0.2, 0.25) is 15.9 Å². The highest BCUT2D eigenvalue weighted by molar-refractivity contribution is 7.89. The van der Waals surface area contributed by atoms with Gasteiger partial charge in [0.25, 0.3) is 5.69 Å². The van der Waals surface area contributed by atoms with Crippen LogP contribution in [0.4, 0.5) is 11.4 Å². The number of sulfonamides is 1. The SMILES string of the molecule is CCN(CC(=O)Nc1cccc([N+](=O)[O-])c1)S(=O)(=O)c1ccc(Cl)cc1. The molecule has 0 bridgehead atoms. The molecule has 0 fully saturated rings. The van der Waals surface area contributed by atoms with Crippen LogP contribution in [-0.4, -0.2) is 36.6 Å². The van der Waals surface area contributed by atoms with E-state index < -0.39 is 27.4 Å². The molecule has 2 aromatic rings. The molecule has 0 atom stereocenters. The van der Waals surface area contributed by atoms with Crippen molar-refractivity contribution in [3.05, 3.63) is 63.7 Å². The number of benzene rings is 2. The van der Waals surface area contributed by atoms with E-state index in [9.17, 15) is 23.3 Å². The fraction of sp³-hybridized carbons (Fsp3) is 0.188. The Hall–Kier alpha value is -2.49. The van der Waals surface area contributed by atoms with Crippen molar-refractivity contribution in [3.63, 3.8) is 0 Å². The van der Waals surface area contributed by atoms with Crippen LogP contribution in [0.2, 0.25) is 5.02 Å². The standard InChI is InChI=1S/C16H16ClN3O5S/c1-2-19(26(24,25)15-8-6-12(17)7-9-15)11-16(21)18-13-4-3-5-14(10-13)20(22)23/h3-10H,2,11H2,1H3,(H,18,21). The van der Waals surface area contributed by atoms with Crippen LogP contribution in [0.25, 0.3) is 0 Å². The lowest BCUT2D eigenvalue weighted by molar-refractivity contribution is -0.384. The van der Waals surface area contributed by atoms with Crippen LogP contribution in [-0.2, 0) is 14.8 Å². The minimum Gasteiger partial charge on any atom is -0.325 e. The molecule has 0 spiro atoms. The van der Waals surface area contributed by atoms with Gasteiger partial charge in [0.1, 0.15) is 0 Å². The van der Waals surface area contributed by atoms with Gasteiger partial charge < -0.3 is 5.32 Å². The molecule has 2 aromatic carbocycles. The van der Waals surface area contributed by atoms with Crippen LogP contribution in [0.1, 0.15) is 6.92 Å². The molecule has 0 unspecified atom stereocenters. The molecule has 1 amide bonds. The van der Waals surface area contributed by atoms with Crippen molar-refractivity contribution in [1.82, 2.24) is 4.31 Å². The number of rotatable bonds is 7. The summed E-state index contributed by atoms with van der Waals surface area (Å²) in [4.78, 5) is 22.4. The first-order valence-corrected chi connectivity index (χ1v) is 9.36. The van der Waals surface area contributed by atoms with E-state index >= 15 is 0 Å². The topological polar surface area (TPSA) is 110 Å². The fourth-order valence-electron chi connectivity index (χ4n) is 2.18. The van der Waals surface area contributed by atoms with Gasteiger partial charge in [-0.2, -0.15) is 4.31 Å². The zero-order chi connectivity index (χ0) is 19.3. The summed E-state index contributed by atoms with van der Waals surface area (Å²) >= 11 is 5.76. The number of hydrogen-bond donors (Lipinski definition) is 1. The van der Waals surface area contributed by atoms with Gasteiger partial charge >= 0.3 is 0 Å². The number of anilines is 1. The minimum atomic E-state index is -3.87. The Morgan fingerprint density at radius 3 is 2.46 bits per heavy atom. The van der Waals surface area contributed by atoms with Crippen LogP contribution < -0.4 is 5.32 Å². The summed E-state index contributed by atoms with van der Waals surface area (Å²) in [7, 11) is -3.87. The molecule has 26 heavy (non-hydrogen) atoms. The second-order valence-corrected chi connectivity index (χ2v) is 7.62. The molecule has 0 aliphatic rings. The maximum absolute atomic E-state index is 12.6. The van der Waals surface area contributed by atoms with Crippen LogP contribution >= 0.6 is 11.6 Å². The Morgan fingerprint density at radius 2 is 1.88 bits per heavy atom. The summed E-state index contributed by atoms with van der Waals surface area (Å²) in [5, 5.41) is 13.6. The van der Waals surface area contributed by atoms with Crippen molar-refractivity contribution < 1.29 is 18.1 Å². The van der Waals surface area contributed by atoms with E-state index in [0.29, 0.717) is 5.02 Å². The van der Waals surface area contributed by atoms with E-state index in [0.717, 1.165) is 4.31 Å². The quantitative estimate of drug-likeness (QED) is 0.570. The molecule has 0 aliphatic heterocycles. The van der Waals surface area contributed by atoms with Gasteiger partial charge in [0.05, 0.1) is 16.4 Å². The summed E-state index contributed by atoms with van der Waals surface area (Å²) in [6.45, 7) is 1.26. The minimum absolute atomic E-state index is 0.0203. The first-order valence-electron chi connectivity index (χ1n) is 7.54. The average molecular weight is 398 g/mol. The zero-order valence-corrected chi connectivity index (χ0v) is 15.3. The Bertz CT molecular complexity index is 916. The molecular formula is C16H16ClN3O5S. The number of amides is 1. The van der Waals surface area contributed by atoms with Crippen LogP contribution in [0.5, 0.6) is 0 Å². The smallest absolute Gasteiger partial charge is 0.271 e. The predicted octanol–water partition coefficient (Wildman–Crippen LogP) is 2.90. The van der Waals surface area contributed by atoms with E-state index in [1.165, 1.54) is 48.5 Å². The zero-order valence-electron chi connectivity index (χ0n) is 13.8. The molecular weight excluding hydrogens is 382 g/mol. The number of nitrogens with one attached hydrogen (secondary N) is 1. The third kappa shape index (κ3) is 4.78. The molecule has 1 N–H and O–H groups in total. The van der Waals surface area contributed by atoms with Crippen molar-refractivity contribution in [2.24, 2.45) is 0 Å². The van der Waals surface area contributed by atoms with Gasteiger partial charge in [-0.1, -0.05) is 24.6 Å². The molecule has 0 aliphatic carbocycles. The van der Waals surface area contributed by atoms with Crippen LogP contribution in [0.15, 0.2) is 53.4 Å². The average Bonchev–Trinajstić information content (AvgIpc) is 2.60. The van der Waals surface area contributed by atoms with E-state index in [1.807, 2.05) is 0 Å². The summed E-state index contributed by atoms with van der Waals surface area (Å²) in [6.07, 6.45) is 0. The van der Waals surface area contributed by atoms with Crippen molar-refractivity contribution in [3.8, 4) is 0 Å². The predicted molar refractivity (Wildman–Crippen MR) is 97.6 cm³/mol. The largest absolute Gasteiger partial charge is 0.325 e. The number of hydrogen-bond acceptors (Lipinski definition) is 5. The Morgan fingerprint density at radius 1 is 1.23 bits per heavy atom. The van der Waals surface area contributed by atoms with Crippen LogP contribution in [0, 0.1) is 10.1 Å². The second kappa shape index (κ2) is 8.26. The lowest BCUT2D eigenvalue weighted by atomic mass is 10.3. The first-order chi connectivity index (χ1) is 12.2. The summed E-state index contributed by atoms with van der Waals surface area (Å²) in [6, 6.07) is 11.0. The molecule has 8 nitrogen and oxygen atoms in total. The van der Waals surface area contributed by atoms with Crippen molar-refractivity contribution in [2.75, 3.05) is 18.4 Å². The molecule has 10 heteroatoms. The third-order valence-electron chi connectivity index (χ3n) is 3.46. The molecule has 0 saturated carbocycles. The van der Waals surface area contributed by atoms with Crippen LogP contribution in [0.3, 0.4) is 0 Å². The number of non-ortho nitro benzene ring substituents is 1. The van der Waals surface area contributed by atoms with Crippen molar-refractivity contribution in [1.29, 1.82) is 0 Å². The lowest BCUT2D eigenvalue weighted by Crippen LogP contribution is -2.37. The van der Waals surface area contributed by atoms with Crippen molar-refractivity contribution in [2.45, 2.75) is 11.8 Å². The number of likely N-dealkylation sites (N-methyl/N-ethyl adjacent to an activating group) is 1. The van der Waals surface area contributed by atoms with Gasteiger partial charge in [-0.05, 0) is 30.3 Å². The number of carbonyl (C=O) groups excluding carboxylic acids is 1. The normalized spacial score (nSPS) is 11.3. The van der Waals surface area contributed by atoms with E-state index in [-0.39, 0.29) is 22.8 Å². The monoisotopic (exact) mass is 397 g/mol. The molecule has 0 heterocycles. The lowest BCUT2D eigenvalue weighted by Gasteiger charge is -2.20. The van der Waals surface area contributed by atoms with Gasteiger partial charge in [-0.15, -0.1) is 0 Å². The first kappa shape index (κ1) is 19.8. The van der Waals surface area contributed by atoms with Crippen molar-refractivity contribution >= 4 is 38.9 Å². The maximum Gasteiger partial charge on any atom is 0.271 e. The summed E-state index contributed by atoms with van der Waals surface area (Å²) < 4.78 is 26.2. The number of nitro groups is 1. The van der Waals surface area contributed by atoms with Gasteiger partial charge in [0.15, 0.2) is 0 Å². The molecule has 0 radical (unpaired) electrons. The molecule has 0 saturated heterocycles. The summed E-state index contributed by atoms with van der Waals surface area (Å²) in [5.41, 5.74) is 0.0353. The Labute approximate surface area is 155 Å². The van der Waals surface area contributed by atoms with E-state index in [4.69, 9.17) is 11.6 Å². The fourth-order valence-corrected chi connectivity index (χ4v) is 3.71. The number of carbonyl (C=O) groups is 1. The van der Waals surface area contributed by atoms with Gasteiger partial charge in [-0.25, -0.2) is 8.42 Å². The molecule has 2 rings (SSSR count). The Balaban J connectivity index is 2.14. The highest BCUT2D eigenvalue weighted by Gasteiger charge is 2.25. The number of nitro benzene ring substituents is 1. The molecule has 0 aromatic heterocycles. The number of halogens is 1. The maximum atomic E-state index is 12.6. The van der Waals surface area contributed by atoms with Gasteiger partial charge in [0, 0.05) is 29.4 Å². The summed E-state index contributed by atoms with van der Waals surface area (Å²) in [5.74, 6) is -0.607. The third-order valence-corrected chi connectivity index (χ3v) is 5.65. The highest BCUT2D eigenvalue weighted by atomic mass is 35.5. The van der Waals surface area contributed by atoms with E-state index in [1.54, 1.807) is 6.92 Å². The molecule has 138 valence electrons. The Kier molecular flexibility index (Phi) is 6.30. The van der Waals surface area contributed by atoms with E-state index in [2.05, 4.69) is 5.32 Å². The second-order valence-electron chi connectivity index (χ2n) is 5.24. The van der Waals surface area contributed by atoms with Gasteiger partial charge in [-0.3, -0.25) is 14.9 Å².